The SMILES string of the molecule is COc1cc(N2CCOCC2)ccc1/C=C1\SC(=O)N(CC(=O)Nc2ccc(C)c(C)c2)C1=O. The van der Waals surface area contributed by atoms with Crippen LogP contribution in [0, 0.1) is 13.8 Å². The summed E-state index contributed by atoms with van der Waals surface area (Å²) in [7, 11) is 1.57. The van der Waals surface area contributed by atoms with Gasteiger partial charge >= 0.3 is 0 Å². The molecule has 2 aliphatic rings. The number of hydrogen-bond donors (Lipinski definition) is 1. The van der Waals surface area contributed by atoms with E-state index in [0.717, 1.165) is 46.6 Å². The number of morpholine rings is 1. The van der Waals surface area contributed by atoms with E-state index in [9.17, 15) is 14.4 Å². The molecule has 0 aromatic heterocycles. The van der Waals surface area contributed by atoms with Gasteiger partial charge in [-0.25, -0.2) is 0 Å². The molecule has 9 heteroatoms. The lowest BCUT2D eigenvalue weighted by atomic mass is 10.1. The average Bonchev–Trinajstić information content (AvgIpc) is 3.09. The lowest BCUT2D eigenvalue weighted by molar-refractivity contribution is -0.127. The maximum atomic E-state index is 12.9. The topological polar surface area (TPSA) is 88.2 Å². The summed E-state index contributed by atoms with van der Waals surface area (Å²) in [4.78, 5) is 41.3. The van der Waals surface area contributed by atoms with E-state index in [1.165, 1.54) is 0 Å². The monoisotopic (exact) mass is 481 g/mol. The smallest absolute Gasteiger partial charge is 0.294 e. The van der Waals surface area contributed by atoms with Crippen molar-refractivity contribution in [2.75, 3.05) is 50.2 Å². The number of ether oxygens (including phenoxy) is 2. The predicted octanol–water partition coefficient (Wildman–Crippen LogP) is 3.82. The van der Waals surface area contributed by atoms with E-state index >= 15 is 0 Å². The summed E-state index contributed by atoms with van der Waals surface area (Å²) in [5.74, 6) is -0.327. The van der Waals surface area contributed by atoms with Gasteiger partial charge in [-0.1, -0.05) is 6.07 Å². The Morgan fingerprint density at radius 2 is 1.88 bits per heavy atom. The lowest BCUT2D eigenvalue weighted by Crippen LogP contribution is -2.36. The first-order valence-corrected chi connectivity index (χ1v) is 11.8. The van der Waals surface area contributed by atoms with Crippen molar-refractivity contribution in [1.82, 2.24) is 4.90 Å². The van der Waals surface area contributed by atoms with E-state index in [1.807, 2.05) is 44.2 Å². The number of amides is 3. The molecule has 2 aromatic rings. The number of rotatable bonds is 6. The fourth-order valence-corrected chi connectivity index (χ4v) is 4.61. The highest BCUT2D eigenvalue weighted by Crippen LogP contribution is 2.35. The number of imide groups is 1. The van der Waals surface area contributed by atoms with Gasteiger partial charge in [0.15, 0.2) is 0 Å². The number of nitrogens with one attached hydrogen (secondary N) is 1. The molecule has 0 unspecified atom stereocenters. The van der Waals surface area contributed by atoms with Crippen LogP contribution >= 0.6 is 11.8 Å². The van der Waals surface area contributed by atoms with Gasteiger partial charge in [-0.3, -0.25) is 19.3 Å². The number of aryl methyl sites for hydroxylation is 2. The molecule has 0 saturated carbocycles. The number of benzene rings is 2. The van der Waals surface area contributed by atoms with E-state index in [1.54, 1.807) is 19.3 Å². The molecule has 0 spiro atoms. The maximum absolute atomic E-state index is 12.9. The standard InChI is InChI=1S/C25H27N3O5S/c1-16-4-6-19(12-17(16)2)26-23(29)15-28-24(30)22(34-25(28)31)13-18-5-7-20(14-21(18)32-3)27-8-10-33-11-9-27/h4-7,12-14H,8-11,15H2,1-3H3,(H,26,29)/b22-13-. The third-order valence-corrected chi connectivity index (χ3v) is 6.75. The molecule has 0 aliphatic carbocycles. The maximum Gasteiger partial charge on any atom is 0.294 e. The molecular formula is C25H27N3O5S. The van der Waals surface area contributed by atoms with Crippen LogP contribution in [-0.4, -0.2) is 61.9 Å². The van der Waals surface area contributed by atoms with Gasteiger partial charge in [0, 0.05) is 36.1 Å². The normalized spacial score (nSPS) is 17.4. The van der Waals surface area contributed by atoms with Gasteiger partial charge in [0.25, 0.3) is 11.1 Å². The summed E-state index contributed by atoms with van der Waals surface area (Å²) >= 11 is 0.817. The molecule has 0 bridgehead atoms. The largest absolute Gasteiger partial charge is 0.496 e. The summed E-state index contributed by atoms with van der Waals surface area (Å²) in [5, 5.41) is 2.27. The molecule has 2 aromatic carbocycles. The van der Waals surface area contributed by atoms with Gasteiger partial charge in [-0.15, -0.1) is 0 Å². The minimum atomic E-state index is -0.496. The Labute approximate surface area is 202 Å². The highest BCUT2D eigenvalue weighted by atomic mass is 32.2. The quantitative estimate of drug-likeness (QED) is 0.628. The van der Waals surface area contributed by atoms with E-state index in [2.05, 4.69) is 10.2 Å². The molecule has 3 amide bonds. The van der Waals surface area contributed by atoms with Gasteiger partial charge in [-0.2, -0.15) is 0 Å². The van der Waals surface area contributed by atoms with Crippen molar-refractivity contribution in [2.45, 2.75) is 13.8 Å². The first-order chi connectivity index (χ1) is 16.4. The van der Waals surface area contributed by atoms with Crippen LogP contribution in [0.25, 0.3) is 6.08 Å². The second-order valence-corrected chi connectivity index (χ2v) is 9.13. The summed E-state index contributed by atoms with van der Waals surface area (Å²) in [6, 6.07) is 11.3. The van der Waals surface area contributed by atoms with Crippen molar-refractivity contribution in [3.05, 3.63) is 58.0 Å². The molecule has 4 rings (SSSR count). The van der Waals surface area contributed by atoms with Crippen molar-refractivity contribution in [3.63, 3.8) is 0 Å². The molecule has 34 heavy (non-hydrogen) atoms. The Hall–Kier alpha value is -3.30. The van der Waals surface area contributed by atoms with Crippen LogP contribution in [0.4, 0.5) is 16.2 Å². The van der Waals surface area contributed by atoms with Crippen LogP contribution in [0.15, 0.2) is 41.3 Å². The summed E-state index contributed by atoms with van der Waals surface area (Å²) < 4.78 is 10.9. The first kappa shape index (κ1) is 23.8. The van der Waals surface area contributed by atoms with Crippen molar-refractivity contribution >= 4 is 46.3 Å². The highest BCUT2D eigenvalue weighted by Gasteiger charge is 2.36. The van der Waals surface area contributed by atoms with Crippen LogP contribution in [-0.2, 0) is 14.3 Å². The third kappa shape index (κ3) is 5.26. The summed E-state index contributed by atoms with van der Waals surface area (Å²) in [6.07, 6.45) is 1.63. The Balaban J connectivity index is 1.46. The number of methoxy groups -OCH3 is 1. The second-order valence-electron chi connectivity index (χ2n) is 8.14. The van der Waals surface area contributed by atoms with E-state index in [0.29, 0.717) is 30.2 Å². The van der Waals surface area contributed by atoms with Crippen LogP contribution in [0.1, 0.15) is 16.7 Å². The highest BCUT2D eigenvalue weighted by molar-refractivity contribution is 8.18. The van der Waals surface area contributed by atoms with Gasteiger partial charge in [-0.05, 0) is 67.1 Å². The van der Waals surface area contributed by atoms with Gasteiger partial charge in [0.05, 0.1) is 25.2 Å². The number of carbonyl (C=O) groups is 3. The fourth-order valence-electron chi connectivity index (χ4n) is 3.78. The summed E-state index contributed by atoms with van der Waals surface area (Å²) in [6.45, 7) is 6.54. The molecule has 178 valence electrons. The third-order valence-electron chi connectivity index (χ3n) is 5.85. The molecule has 2 saturated heterocycles. The molecule has 1 N–H and O–H groups in total. The molecule has 8 nitrogen and oxygen atoms in total. The van der Waals surface area contributed by atoms with E-state index < -0.39 is 17.1 Å². The molecule has 2 heterocycles. The zero-order valence-electron chi connectivity index (χ0n) is 19.4. The fraction of sp³-hybridized carbons (Fsp3) is 0.320. The van der Waals surface area contributed by atoms with Crippen LogP contribution < -0.4 is 15.0 Å². The Morgan fingerprint density at radius 1 is 1.12 bits per heavy atom. The molecule has 0 radical (unpaired) electrons. The Bertz CT molecular complexity index is 1160. The van der Waals surface area contributed by atoms with Gasteiger partial charge in [0.1, 0.15) is 12.3 Å². The number of carbonyl (C=O) groups excluding carboxylic acids is 3. The predicted molar refractivity (Wildman–Crippen MR) is 133 cm³/mol. The van der Waals surface area contributed by atoms with E-state index in [4.69, 9.17) is 9.47 Å². The second kappa shape index (κ2) is 10.3. The first-order valence-electron chi connectivity index (χ1n) is 11.0. The number of hydrogen-bond acceptors (Lipinski definition) is 7. The van der Waals surface area contributed by atoms with Crippen molar-refractivity contribution in [1.29, 1.82) is 0 Å². The number of nitrogens with zero attached hydrogens (tertiary/aromatic N) is 2. The van der Waals surface area contributed by atoms with Crippen LogP contribution in [0.5, 0.6) is 5.75 Å². The van der Waals surface area contributed by atoms with Crippen molar-refractivity contribution < 1.29 is 23.9 Å². The zero-order chi connectivity index (χ0) is 24.2. The Morgan fingerprint density at radius 3 is 2.59 bits per heavy atom. The van der Waals surface area contributed by atoms with Crippen molar-refractivity contribution in [3.8, 4) is 5.75 Å². The van der Waals surface area contributed by atoms with Gasteiger partial charge in [0.2, 0.25) is 5.91 Å². The molecule has 0 atom stereocenters. The van der Waals surface area contributed by atoms with Crippen LogP contribution in [0.2, 0.25) is 0 Å². The Kier molecular flexibility index (Phi) is 7.23. The number of anilines is 2. The average molecular weight is 482 g/mol. The lowest BCUT2D eigenvalue weighted by Gasteiger charge is -2.29. The van der Waals surface area contributed by atoms with Crippen molar-refractivity contribution in [2.24, 2.45) is 0 Å². The molecular weight excluding hydrogens is 454 g/mol. The minimum absolute atomic E-state index is 0.251. The molecule has 2 aliphatic heterocycles. The van der Waals surface area contributed by atoms with E-state index in [-0.39, 0.29) is 11.4 Å². The zero-order valence-corrected chi connectivity index (χ0v) is 20.2. The summed E-state index contributed by atoms with van der Waals surface area (Å²) in [5.41, 5.74) is 4.47. The minimum Gasteiger partial charge on any atom is -0.496 e. The molecule has 2 fully saturated rings. The van der Waals surface area contributed by atoms with Gasteiger partial charge < -0.3 is 19.7 Å². The van der Waals surface area contributed by atoms with Crippen LogP contribution in [0.3, 0.4) is 0 Å². The number of thioether (sulfide) groups is 1.